The van der Waals surface area contributed by atoms with Crippen LogP contribution in [0.3, 0.4) is 0 Å². The molecule has 0 aliphatic rings. The summed E-state index contributed by atoms with van der Waals surface area (Å²) in [6.45, 7) is 12.9. The summed E-state index contributed by atoms with van der Waals surface area (Å²) in [5.41, 5.74) is 9.30. The molecule has 0 unspecified atom stereocenters. The first-order valence-corrected chi connectivity index (χ1v) is 10.7. The van der Waals surface area contributed by atoms with Gasteiger partial charge in [0, 0.05) is 45.7 Å². The maximum atomic E-state index is 4.58. The minimum absolute atomic E-state index is 0.368. The van der Waals surface area contributed by atoms with E-state index < -0.39 is 0 Å². The van der Waals surface area contributed by atoms with E-state index in [1.54, 1.807) is 0 Å². The van der Waals surface area contributed by atoms with Crippen LogP contribution in [0.1, 0.15) is 50.6 Å². The molecule has 30 heavy (non-hydrogen) atoms. The topological polar surface area (TPSA) is 53.6 Å². The Kier molecular flexibility index (Phi) is 5.33. The first-order valence-electron chi connectivity index (χ1n) is 10.7. The Morgan fingerprint density at radius 2 is 1.53 bits per heavy atom. The molecule has 0 spiro atoms. The van der Waals surface area contributed by atoms with E-state index in [4.69, 9.17) is 0 Å². The van der Waals surface area contributed by atoms with E-state index >= 15 is 0 Å². The Labute approximate surface area is 178 Å². The minimum atomic E-state index is 0.368. The Morgan fingerprint density at radius 1 is 0.833 bits per heavy atom. The zero-order valence-corrected chi connectivity index (χ0v) is 18.7. The van der Waals surface area contributed by atoms with Gasteiger partial charge in [0.15, 0.2) is 0 Å². The molecule has 0 amide bonds. The third-order valence-corrected chi connectivity index (χ3v) is 5.32. The number of aryl methyl sites for hydroxylation is 2. The summed E-state index contributed by atoms with van der Waals surface area (Å²) in [6.07, 6.45) is 1.95. The Bertz CT molecular complexity index is 1160. The summed E-state index contributed by atoms with van der Waals surface area (Å²) in [5, 5.41) is 4.62. The molecule has 3 heterocycles. The molecular weight excluding hydrogens is 368 g/mol. The second kappa shape index (κ2) is 7.94. The van der Waals surface area contributed by atoms with E-state index in [9.17, 15) is 0 Å². The molecule has 4 nitrogen and oxygen atoms in total. The molecule has 0 saturated carbocycles. The predicted octanol–water partition coefficient (Wildman–Crippen LogP) is 6.85. The van der Waals surface area contributed by atoms with E-state index in [-0.39, 0.29) is 0 Å². The van der Waals surface area contributed by atoms with Gasteiger partial charge in [0.1, 0.15) is 5.82 Å². The normalized spacial score (nSPS) is 11.6. The number of H-pyrrole nitrogens is 1. The zero-order chi connectivity index (χ0) is 21.4. The summed E-state index contributed by atoms with van der Waals surface area (Å²) in [4.78, 5) is 12.8. The molecule has 4 aromatic rings. The Balaban J connectivity index is 1.82. The number of nitrogens with zero attached hydrogens (tertiary/aromatic N) is 2. The van der Waals surface area contributed by atoms with Crippen LogP contribution in [0.25, 0.3) is 33.3 Å². The molecule has 0 aliphatic heterocycles. The predicted molar refractivity (Wildman–Crippen MR) is 127 cm³/mol. The van der Waals surface area contributed by atoms with Crippen molar-refractivity contribution in [3.05, 3.63) is 65.6 Å². The van der Waals surface area contributed by atoms with Gasteiger partial charge >= 0.3 is 0 Å². The molecule has 0 fully saturated rings. The average Bonchev–Trinajstić information content (AvgIpc) is 3.06. The van der Waals surface area contributed by atoms with Crippen LogP contribution in [-0.4, -0.2) is 21.0 Å². The van der Waals surface area contributed by atoms with Crippen LogP contribution in [-0.2, 0) is 0 Å². The van der Waals surface area contributed by atoms with Crippen molar-refractivity contribution in [3.63, 3.8) is 0 Å². The van der Waals surface area contributed by atoms with Gasteiger partial charge in [-0.05, 0) is 81.1 Å². The van der Waals surface area contributed by atoms with Gasteiger partial charge in [-0.15, -0.1) is 0 Å². The van der Waals surface area contributed by atoms with Crippen LogP contribution in [0.4, 0.5) is 5.82 Å². The lowest BCUT2D eigenvalue weighted by atomic mass is 9.94. The van der Waals surface area contributed by atoms with Crippen LogP contribution >= 0.6 is 0 Å². The molecule has 2 N–H and O–H groups in total. The summed E-state index contributed by atoms with van der Waals surface area (Å²) in [5.74, 6) is 1.30. The monoisotopic (exact) mass is 398 g/mol. The zero-order valence-electron chi connectivity index (χ0n) is 18.7. The van der Waals surface area contributed by atoms with Gasteiger partial charge in [0.05, 0.1) is 5.69 Å². The highest BCUT2D eigenvalue weighted by Crippen LogP contribution is 2.37. The number of fused-ring (bicyclic) bond motifs is 1. The number of nitrogens with one attached hydrogen (secondary N) is 2. The standard InChI is InChI=1S/C26H30N4/c1-15(2)25-22-13-19(20-8-10-24(27-14-20)28-16(3)4)7-9-23(22)30-26(25)21-11-17(5)29-18(6)12-21/h7-16,30H,1-6H3,(H,27,28). The number of pyridine rings is 2. The van der Waals surface area contributed by atoms with Crippen molar-refractivity contribution in [2.75, 3.05) is 5.32 Å². The van der Waals surface area contributed by atoms with Gasteiger partial charge in [0.25, 0.3) is 0 Å². The molecule has 1 aromatic carbocycles. The van der Waals surface area contributed by atoms with E-state index in [2.05, 4.69) is 98.2 Å². The smallest absolute Gasteiger partial charge is 0.126 e. The van der Waals surface area contributed by atoms with Gasteiger partial charge < -0.3 is 10.3 Å². The van der Waals surface area contributed by atoms with Gasteiger partial charge in [-0.2, -0.15) is 0 Å². The summed E-state index contributed by atoms with van der Waals surface area (Å²) in [7, 11) is 0. The van der Waals surface area contributed by atoms with Crippen molar-refractivity contribution in [2.45, 2.75) is 53.5 Å². The maximum absolute atomic E-state index is 4.58. The third-order valence-electron chi connectivity index (χ3n) is 5.32. The molecule has 0 saturated heterocycles. The number of anilines is 1. The summed E-state index contributed by atoms with van der Waals surface area (Å²) in [6, 6.07) is 15.5. The average molecular weight is 399 g/mol. The van der Waals surface area contributed by atoms with Crippen LogP contribution in [0.5, 0.6) is 0 Å². The van der Waals surface area contributed by atoms with Crippen LogP contribution in [0.2, 0.25) is 0 Å². The molecule has 0 radical (unpaired) electrons. The first kappa shape index (κ1) is 20.1. The lowest BCUT2D eigenvalue weighted by molar-refractivity contribution is 0.878. The molecule has 0 aliphatic carbocycles. The molecular formula is C26H30N4. The molecule has 4 heteroatoms. The van der Waals surface area contributed by atoms with Crippen molar-refractivity contribution in [1.29, 1.82) is 0 Å². The van der Waals surface area contributed by atoms with Crippen LogP contribution in [0.15, 0.2) is 48.7 Å². The van der Waals surface area contributed by atoms with Crippen molar-refractivity contribution < 1.29 is 0 Å². The lowest BCUT2D eigenvalue weighted by Gasteiger charge is -2.11. The number of benzene rings is 1. The third kappa shape index (κ3) is 3.95. The highest BCUT2D eigenvalue weighted by atomic mass is 15.0. The number of aromatic nitrogens is 3. The largest absolute Gasteiger partial charge is 0.368 e. The van der Waals surface area contributed by atoms with Crippen molar-refractivity contribution in [1.82, 2.24) is 15.0 Å². The molecule has 154 valence electrons. The van der Waals surface area contributed by atoms with E-state index in [1.165, 1.54) is 27.8 Å². The van der Waals surface area contributed by atoms with Gasteiger partial charge in [-0.3, -0.25) is 4.98 Å². The second-order valence-corrected chi connectivity index (χ2v) is 8.70. The fraction of sp³-hybridized carbons (Fsp3) is 0.308. The minimum Gasteiger partial charge on any atom is -0.368 e. The van der Waals surface area contributed by atoms with Crippen molar-refractivity contribution >= 4 is 16.7 Å². The van der Waals surface area contributed by atoms with Crippen LogP contribution < -0.4 is 5.32 Å². The fourth-order valence-corrected chi connectivity index (χ4v) is 4.14. The highest BCUT2D eigenvalue weighted by molar-refractivity contribution is 5.94. The maximum Gasteiger partial charge on any atom is 0.126 e. The molecule has 0 atom stereocenters. The van der Waals surface area contributed by atoms with Crippen molar-refractivity contribution in [3.8, 4) is 22.4 Å². The van der Waals surface area contributed by atoms with Crippen LogP contribution in [0, 0.1) is 13.8 Å². The Hall–Kier alpha value is -3.14. The van der Waals surface area contributed by atoms with E-state index in [0.717, 1.165) is 28.3 Å². The second-order valence-electron chi connectivity index (χ2n) is 8.70. The quantitative estimate of drug-likeness (QED) is 0.386. The summed E-state index contributed by atoms with van der Waals surface area (Å²) < 4.78 is 0. The van der Waals surface area contributed by atoms with Crippen molar-refractivity contribution in [2.24, 2.45) is 0 Å². The number of hydrogen-bond acceptors (Lipinski definition) is 3. The molecule has 3 aromatic heterocycles. The SMILES string of the molecule is Cc1cc(-c2[nH]c3ccc(-c4ccc(NC(C)C)nc4)cc3c2C(C)C)cc(C)n1. The molecule has 4 rings (SSSR count). The molecule has 0 bridgehead atoms. The van der Waals surface area contributed by atoms with Gasteiger partial charge in [-0.1, -0.05) is 19.9 Å². The van der Waals surface area contributed by atoms with Gasteiger partial charge in [-0.25, -0.2) is 4.98 Å². The summed E-state index contributed by atoms with van der Waals surface area (Å²) >= 11 is 0. The van der Waals surface area contributed by atoms with E-state index in [1.807, 2.05) is 12.3 Å². The number of aromatic amines is 1. The highest BCUT2D eigenvalue weighted by Gasteiger charge is 2.17. The first-order chi connectivity index (χ1) is 14.3. The van der Waals surface area contributed by atoms with E-state index in [0.29, 0.717) is 12.0 Å². The number of hydrogen-bond donors (Lipinski definition) is 2. The Morgan fingerprint density at radius 3 is 2.13 bits per heavy atom. The number of rotatable bonds is 5. The van der Waals surface area contributed by atoms with Gasteiger partial charge in [0.2, 0.25) is 0 Å². The lowest BCUT2D eigenvalue weighted by Crippen LogP contribution is -2.10. The fourth-order valence-electron chi connectivity index (χ4n) is 4.14.